The molecule has 96 valence electrons. The van der Waals surface area contributed by atoms with Gasteiger partial charge in [-0.25, -0.2) is 4.79 Å². The van der Waals surface area contributed by atoms with Crippen molar-refractivity contribution < 1.29 is 19.4 Å². The molecule has 0 aromatic rings. The summed E-state index contributed by atoms with van der Waals surface area (Å²) in [6.07, 6.45) is 11.1. The number of carboxylic acids is 1. The first-order valence-corrected chi connectivity index (χ1v) is 6.22. The van der Waals surface area contributed by atoms with Crippen LogP contribution in [0.25, 0.3) is 0 Å². The van der Waals surface area contributed by atoms with Crippen LogP contribution in [-0.2, 0) is 14.3 Å². The van der Waals surface area contributed by atoms with E-state index < -0.39 is 5.97 Å². The third-order valence-corrected chi connectivity index (χ3v) is 2.88. The average molecular weight is 240 g/mol. The van der Waals surface area contributed by atoms with Gasteiger partial charge in [0.25, 0.3) is 0 Å². The van der Waals surface area contributed by atoms with Crippen molar-refractivity contribution >= 4 is 12.3 Å². The number of hydrogen-bond donors (Lipinski definition) is 1. The molecular weight excluding hydrogens is 220 g/mol. The molecule has 0 aromatic heterocycles. The number of aliphatic carboxylic acids is 1. The molecule has 1 N–H and O–H groups in total. The zero-order chi connectivity index (χ0) is 12.5. The quantitative estimate of drug-likeness (QED) is 0.275. The van der Waals surface area contributed by atoms with E-state index in [4.69, 9.17) is 9.84 Å². The van der Waals surface area contributed by atoms with E-state index in [2.05, 4.69) is 0 Å². The van der Waals surface area contributed by atoms with E-state index in [0.717, 1.165) is 44.8 Å². The predicted molar refractivity (Wildman–Crippen MR) is 63.8 cm³/mol. The highest BCUT2D eigenvalue weighted by Crippen LogP contribution is 2.30. The molecule has 2 unspecified atom stereocenters. The van der Waals surface area contributed by atoms with Crippen LogP contribution in [0.4, 0.5) is 0 Å². The number of aldehydes is 1. The van der Waals surface area contributed by atoms with Crippen LogP contribution in [-0.4, -0.2) is 29.6 Å². The Morgan fingerprint density at radius 1 is 1.12 bits per heavy atom. The lowest BCUT2D eigenvalue weighted by Gasteiger charge is -1.96. The Bertz CT molecular complexity index is 273. The maximum Gasteiger partial charge on any atom is 0.327 e. The number of carboxylic acid groups (broad SMARTS) is 1. The third kappa shape index (κ3) is 6.89. The zero-order valence-corrected chi connectivity index (χ0v) is 10.0. The fourth-order valence-corrected chi connectivity index (χ4v) is 1.89. The first-order valence-electron chi connectivity index (χ1n) is 6.22. The summed E-state index contributed by atoms with van der Waals surface area (Å²) in [4.78, 5) is 20.3. The Morgan fingerprint density at radius 3 is 2.59 bits per heavy atom. The van der Waals surface area contributed by atoms with E-state index in [0.29, 0.717) is 18.6 Å². The van der Waals surface area contributed by atoms with E-state index in [1.807, 2.05) is 0 Å². The van der Waals surface area contributed by atoms with Crippen molar-refractivity contribution in [3.8, 4) is 0 Å². The van der Waals surface area contributed by atoms with Crippen LogP contribution in [0, 0.1) is 0 Å². The molecule has 0 spiro atoms. The predicted octanol–water partition coefficient (Wildman–Crippen LogP) is 2.32. The highest BCUT2D eigenvalue weighted by Gasteiger charge is 2.36. The van der Waals surface area contributed by atoms with Crippen LogP contribution in [0.2, 0.25) is 0 Å². The molecule has 0 amide bonds. The SMILES string of the molecule is O=CCCC1OC1CCCCCC=CC(=O)O. The van der Waals surface area contributed by atoms with E-state index >= 15 is 0 Å². The molecule has 2 atom stereocenters. The van der Waals surface area contributed by atoms with Gasteiger partial charge in [-0.05, 0) is 25.7 Å². The van der Waals surface area contributed by atoms with E-state index in [1.54, 1.807) is 6.08 Å². The standard InChI is InChI=1S/C13H20O4/c14-10-6-8-12-11(17-12)7-4-2-1-3-5-9-13(15)16/h5,9-12H,1-4,6-8H2,(H,15,16). The average Bonchev–Trinajstić information content (AvgIpc) is 3.03. The number of rotatable bonds is 10. The first-order chi connectivity index (χ1) is 8.24. The summed E-state index contributed by atoms with van der Waals surface area (Å²) in [5.74, 6) is -0.880. The van der Waals surface area contributed by atoms with Crippen LogP contribution in [0.5, 0.6) is 0 Å². The van der Waals surface area contributed by atoms with Crippen LogP contribution in [0.1, 0.15) is 44.9 Å². The van der Waals surface area contributed by atoms with E-state index in [9.17, 15) is 9.59 Å². The zero-order valence-electron chi connectivity index (χ0n) is 10.0. The van der Waals surface area contributed by atoms with Gasteiger partial charge in [0, 0.05) is 12.5 Å². The van der Waals surface area contributed by atoms with Crippen LogP contribution >= 0.6 is 0 Å². The van der Waals surface area contributed by atoms with Gasteiger partial charge in [0.1, 0.15) is 6.29 Å². The van der Waals surface area contributed by atoms with Crippen molar-refractivity contribution in [2.45, 2.75) is 57.2 Å². The van der Waals surface area contributed by atoms with E-state index in [1.165, 1.54) is 6.08 Å². The summed E-state index contributed by atoms with van der Waals surface area (Å²) >= 11 is 0. The van der Waals surface area contributed by atoms with Crippen LogP contribution < -0.4 is 0 Å². The van der Waals surface area contributed by atoms with Gasteiger partial charge in [0.15, 0.2) is 0 Å². The molecule has 0 bridgehead atoms. The summed E-state index contributed by atoms with van der Waals surface area (Å²) in [6, 6.07) is 0. The fraction of sp³-hybridized carbons (Fsp3) is 0.692. The van der Waals surface area contributed by atoms with Crippen LogP contribution in [0.3, 0.4) is 0 Å². The minimum atomic E-state index is -0.880. The highest BCUT2D eigenvalue weighted by atomic mass is 16.6. The Labute approximate surface area is 102 Å². The highest BCUT2D eigenvalue weighted by molar-refractivity contribution is 5.79. The van der Waals surface area contributed by atoms with Gasteiger partial charge in [-0.3, -0.25) is 0 Å². The molecule has 1 aliphatic rings. The molecule has 4 nitrogen and oxygen atoms in total. The molecule has 0 aromatic carbocycles. The van der Waals surface area contributed by atoms with Gasteiger partial charge >= 0.3 is 5.97 Å². The molecule has 1 fully saturated rings. The summed E-state index contributed by atoms with van der Waals surface area (Å²) in [7, 11) is 0. The van der Waals surface area contributed by atoms with Crippen molar-refractivity contribution in [3.63, 3.8) is 0 Å². The van der Waals surface area contributed by atoms with Gasteiger partial charge in [-0.15, -0.1) is 0 Å². The molecule has 4 heteroatoms. The maximum absolute atomic E-state index is 10.2. The Morgan fingerprint density at radius 2 is 1.88 bits per heavy atom. The van der Waals surface area contributed by atoms with E-state index in [-0.39, 0.29) is 0 Å². The summed E-state index contributed by atoms with van der Waals surface area (Å²) in [5.41, 5.74) is 0. The molecule has 1 saturated heterocycles. The Balaban J connectivity index is 1.86. The third-order valence-electron chi connectivity index (χ3n) is 2.88. The molecule has 0 aliphatic carbocycles. The summed E-state index contributed by atoms with van der Waals surface area (Å²) in [5, 5.41) is 8.37. The number of carbonyl (C=O) groups is 2. The summed E-state index contributed by atoms with van der Waals surface area (Å²) < 4.78 is 5.43. The lowest BCUT2D eigenvalue weighted by molar-refractivity contribution is -0.131. The molecule has 1 aliphatic heterocycles. The number of hydrogen-bond acceptors (Lipinski definition) is 3. The molecule has 0 saturated carbocycles. The van der Waals surface area contributed by atoms with Gasteiger partial charge in [0.05, 0.1) is 12.2 Å². The van der Waals surface area contributed by atoms with Crippen molar-refractivity contribution in [1.29, 1.82) is 0 Å². The Hall–Kier alpha value is -1.16. The fourth-order valence-electron chi connectivity index (χ4n) is 1.89. The van der Waals surface area contributed by atoms with Crippen molar-refractivity contribution in [2.24, 2.45) is 0 Å². The minimum absolute atomic E-state index is 0.312. The lowest BCUT2D eigenvalue weighted by Crippen LogP contribution is -1.94. The number of allylic oxidation sites excluding steroid dienone is 1. The smallest absolute Gasteiger partial charge is 0.327 e. The topological polar surface area (TPSA) is 66.9 Å². The number of epoxide rings is 1. The summed E-state index contributed by atoms with van der Waals surface area (Å²) in [6.45, 7) is 0. The molecule has 0 radical (unpaired) electrons. The van der Waals surface area contributed by atoms with Gasteiger partial charge in [-0.1, -0.05) is 18.9 Å². The second-order valence-corrected chi connectivity index (χ2v) is 4.34. The van der Waals surface area contributed by atoms with Crippen LogP contribution in [0.15, 0.2) is 12.2 Å². The van der Waals surface area contributed by atoms with Crippen molar-refractivity contribution in [2.75, 3.05) is 0 Å². The van der Waals surface area contributed by atoms with Crippen molar-refractivity contribution in [1.82, 2.24) is 0 Å². The Kier molecular flexibility index (Phi) is 6.55. The number of carbonyl (C=O) groups excluding carboxylic acids is 1. The monoisotopic (exact) mass is 240 g/mol. The number of unbranched alkanes of at least 4 members (excludes halogenated alkanes) is 3. The van der Waals surface area contributed by atoms with Gasteiger partial charge in [-0.2, -0.15) is 0 Å². The second-order valence-electron chi connectivity index (χ2n) is 4.34. The maximum atomic E-state index is 10.2. The lowest BCUT2D eigenvalue weighted by atomic mass is 10.1. The van der Waals surface area contributed by atoms with Gasteiger partial charge in [0.2, 0.25) is 0 Å². The normalized spacial score (nSPS) is 22.8. The second kappa shape index (κ2) is 8.01. The molecule has 17 heavy (non-hydrogen) atoms. The molecular formula is C13H20O4. The molecule has 1 heterocycles. The molecule has 1 rings (SSSR count). The number of ether oxygens (including phenoxy) is 1. The first kappa shape index (κ1) is 13.9. The van der Waals surface area contributed by atoms with Gasteiger partial charge < -0.3 is 14.6 Å². The van der Waals surface area contributed by atoms with Crippen molar-refractivity contribution in [3.05, 3.63) is 12.2 Å². The largest absolute Gasteiger partial charge is 0.478 e. The minimum Gasteiger partial charge on any atom is -0.478 e.